The molecule has 4 N–H and O–H groups in total. The second kappa shape index (κ2) is 4.38. The lowest BCUT2D eigenvalue weighted by molar-refractivity contribution is -0.122. The van der Waals surface area contributed by atoms with Crippen LogP contribution in [-0.4, -0.2) is 24.0 Å². The smallest absolute Gasteiger partial charge is 0.220 e. The summed E-state index contributed by atoms with van der Waals surface area (Å²) in [7, 11) is 0. The number of aromatic nitrogens is 1. The summed E-state index contributed by atoms with van der Waals surface area (Å²) in [6.07, 6.45) is 3.27. The van der Waals surface area contributed by atoms with Crippen molar-refractivity contribution in [2.75, 3.05) is 23.7 Å². The molecule has 16 heavy (non-hydrogen) atoms. The Morgan fingerprint density at radius 1 is 1.44 bits per heavy atom. The summed E-state index contributed by atoms with van der Waals surface area (Å²) in [6, 6.07) is 3.82. The van der Waals surface area contributed by atoms with Gasteiger partial charge in [-0.2, -0.15) is 0 Å². The van der Waals surface area contributed by atoms with Crippen molar-refractivity contribution in [1.29, 1.82) is 0 Å². The molecule has 0 aliphatic carbocycles. The van der Waals surface area contributed by atoms with Gasteiger partial charge in [0.1, 0.15) is 5.82 Å². The van der Waals surface area contributed by atoms with Crippen LogP contribution in [0, 0.1) is 5.92 Å². The lowest BCUT2D eigenvalue weighted by Gasteiger charge is -2.32. The van der Waals surface area contributed by atoms with Gasteiger partial charge in [0, 0.05) is 25.2 Å². The number of rotatable bonds is 2. The first-order valence-corrected chi connectivity index (χ1v) is 5.43. The number of pyridine rings is 1. The van der Waals surface area contributed by atoms with Crippen LogP contribution in [0.5, 0.6) is 0 Å². The molecule has 0 aromatic carbocycles. The van der Waals surface area contributed by atoms with E-state index in [-0.39, 0.29) is 11.8 Å². The van der Waals surface area contributed by atoms with E-state index in [0.717, 1.165) is 31.6 Å². The van der Waals surface area contributed by atoms with E-state index >= 15 is 0 Å². The number of carbonyl (C=O) groups excluding carboxylic acids is 1. The molecule has 0 spiro atoms. The van der Waals surface area contributed by atoms with Crippen molar-refractivity contribution < 1.29 is 4.79 Å². The lowest BCUT2D eigenvalue weighted by atomic mass is 9.96. The predicted molar refractivity (Wildman–Crippen MR) is 62.8 cm³/mol. The number of nitrogens with two attached hydrogens (primary N) is 2. The molecule has 1 amide bonds. The zero-order valence-corrected chi connectivity index (χ0v) is 9.10. The molecule has 1 saturated heterocycles. The zero-order valence-electron chi connectivity index (χ0n) is 9.10. The fourth-order valence-corrected chi connectivity index (χ4v) is 2.08. The largest absolute Gasteiger partial charge is 0.382 e. The van der Waals surface area contributed by atoms with Gasteiger partial charge in [0.15, 0.2) is 0 Å². The summed E-state index contributed by atoms with van der Waals surface area (Å²) in [5, 5.41) is 0. The molecule has 1 aromatic heterocycles. The fraction of sp³-hybridized carbons (Fsp3) is 0.455. The van der Waals surface area contributed by atoms with Gasteiger partial charge >= 0.3 is 0 Å². The molecular formula is C11H16N4O. The van der Waals surface area contributed by atoms with E-state index in [1.54, 1.807) is 6.20 Å². The number of carbonyl (C=O) groups is 1. The van der Waals surface area contributed by atoms with Gasteiger partial charge < -0.3 is 16.4 Å². The van der Waals surface area contributed by atoms with Crippen LogP contribution in [0.15, 0.2) is 18.3 Å². The molecule has 1 aliphatic heterocycles. The Bertz CT molecular complexity index is 385. The second-order valence-electron chi connectivity index (χ2n) is 4.07. The number of hydrogen-bond acceptors (Lipinski definition) is 4. The Hall–Kier alpha value is -1.78. The molecule has 1 fully saturated rings. The number of nitrogens with zero attached hydrogens (tertiary/aromatic N) is 2. The van der Waals surface area contributed by atoms with Gasteiger partial charge in [0.2, 0.25) is 5.91 Å². The predicted octanol–water partition coefficient (Wildman–Crippen LogP) is 0.365. The third kappa shape index (κ3) is 2.08. The summed E-state index contributed by atoms with van der Waals surface area (Å²) in [6.45, 7) is 1.62. The highest BCUT2D eigenvalue weighted by Crippen LogP contribution is 2.26. The standard InChI is InChI=1S/C11H16N4O/c12-10-9(2-1-5-14-10)15-6-3-8(4-7-15)11(13)16/h1-2,5,8H,3-4,6-7H2,(H2,12,14)(H2,13,16). The SMILES string of the molecule is NC(=O)C1CCN(c2cccnc2N)CC1. The minimum absolute atomic E-state index is 0.00847. The highest BCUT2D eigenvalue weighted by atomic mass is 16.1. The zero-order chi connectivity index (χ0) is 11.5. The van der Waals surface area contributed by atoms with Crippen LogP contribution in [0.2, 0.25) is 0 Å². The van der Waals surface area contributed by atoms with Crippen LogP contribution in [0.4, 0.5) is 11.5 Å². The van der Waals surface area contributed by atoms with Gasteiger partial charge in [0.25, 0.3) is 0 Å². The average molecular weight is 220 g/mol. The molecule has 2 heterocycles. The third-order valence-corrected chi connectivity index (χ3v) is 3.05. The van der Waals surface area contributed by atoms with Crippen LogP contribution in [0.25, 0.3) is 0 Å². The molecule has 0 unspecified atom stereocenters. The van der Waals surface area contributed by atoms with Gasteiger partial charge in [-0.25, -0.2) is 4.98 Å². The molecule has 86 valence electrons. The summed E-state index contributed by atoms with van der Waals surface area (Å²) >= 11 is 0. The molecule has 1 aromatic rings. The Morgan fingerprint density at radius 3 is 2.69 bits per heavy atom. The van der Waals surface area contributed by atoms with Gasteiger partial charge in [0.05, 0.1) is 5.69 Å². The maximum absolute atomic E-state index is 11.0. The van der Waals surface area contributed by atoms with E-state index in [1.807, 2.05) is 12.1 Å². The van der Waals surface area contributed by atoms with Crippen LogP contribution < -0.4 is 16.4 Å². The van der Waals surface area contributed by atoms with Crippen LogP contribution in [0.3, 0.4) is 0 Å². The number of anilines is 2. The maximum atomic E-state index is 11.0. The Labute approximate surface area is 94.4 Å². The monoisotopic (exact) mass is 220 g/mol. The number of primary amides is 1. The summed E-state index contributed by atoms with van der Waals surface area (Å²) in [4.78, 5) is 17.2. The van der Waals surface area contributed by atoms with Crippen molar-refractivity contribution >= 4 is 17.4 Å². The highest BCUT2D eigenvalue weighted by molar-refractivity contribution is 5.77. The molecule has 5 heteroatoms. The minimum atomic E-state index is -0.196. The van der Waals surface area contributed by atoms with Crippen molar-refractivity contribution in [2.24, 2.45) is 11.7 Å². The van der Waals surface area contributed by atoms with E-state index in [2.05, 4.69) is 9.88 Å². The summed E-state index contributed by atoms with van der Waals surface area (Å²) < 4.78 is 0. The third-order valence-electron chi connectivity index (χ3n) is 3.05. The highest BCUT2D eigenvalue weighted by Gasteiger charge is 2.24. The molecule has 0 saturated carbocycles. The van der Waals surface area contributed by atoms with Crippen molar-refractivity contribution in [1.82, 2.24) is 4.98 Å². The number of amides is 1. The number of piperidine rings is 1. The quantitative estimate of drug-likeness (QED) is 0.753. The summed E-state index contributed by atoms with van der Waals surface area (Å²) in [5.41, 5.74) is 12.0. The van der Waals surface area contributed by atoms with E-state index < -0.39 is 0 Å². The van der Waals surface area contributed by atoms with E-state index in [1.165, 1.54) is 0 Å². The minimum Gasteiger partial charge on any atom is -0.382 e. The molecule has 0 bridgehead atoms. The molecule has 0 radical (unpaired) electrons. The molecule has 2 rings (SSSR count). The van der Waals surface area contributed by atoms with E-state index in [9.17, 15) is 4.79 Å². The van der Waals surface area contributed by atoms with Crippen molar-refractivity contribution in [2.45, 2.75) is 12.8 Å². The first-order valence-electron chi connectivity index (χ1n) is 5.43. The van der Waals surface area contributed by atoms with E-state index in [0.29, 0.717) is 5.82 Å². The van der Waals surface area contributed by atoms with Crippen molar-refractivity contribution in [3.63, 3.8) is 0 Å². The Morgan fingerprint density at radius 2 is 2.12 bits per heavy atom. The number of nitrogen functional groups attached to an aromatic ring is 1. The molecule has 5 nitrogen and oxygen atoms in total. The van der Waals surface area contributed by atoms with Gasteiger partial charge in [-0.3, -0.25) is 4.79 Å². The normalized spacial score (nSPS) is 17.4. The lowest BCUT2D eigenvalue weighted by Crippen LogP contribution is -2.38. The molecule has 1 aliphatic rings. The van der Waals surface area contributed by atoms with Gasteiger partial charge in [-0.1, -0.05) is 0 Å². The fourth-order valence-electron chi connectivity index (χ4n) is 2.08. The van der Waals surface area contributed by atoms with Crippen molar-refractivity contribution in [3.8, 4) is 0 Å². The number of hydrogen-bond donors (Lipinski definition) is 2. The summed E-state index contributed by atoms with van der Waals surface area (Å²) in [5.74, 6) is 0.355. The Kier molecular flexibility index (Phi) is 2.94. The first-order chi connectivity index (χ1) is 7.68. The maximum Gasteiger partial charge on any atom is 0.220 e. The van der Waals surface area contributed by atoms with E-state index in [4.69, 9.17) is 11.5 Å². The second-order valence-corrected chi connectivity index (χ2v) is 4.07. The van der Waals surface area contributed by atoms with Gasteiger partial charge in [-0.15, -0.1) is 0 Å². The first kappa shape index (κ1) is 10.7. The van der Waals surface area contributed by atoms with Crippen LogP contribution in [-0.2, 0) is 4.79 Å². The average Bonchev–Trinajstić information content (AvgIpc) is 2.30. The van der Waals surface area contributed by atoms with Crippen LogP contribution in [0.1, 0.15) is 12.8 Å². The van der Waals surface area contributed by atoms with Gasteiger partial charge in [-0.05, 0) is 25.0 Å². The topological polar surface area (TPSA) is 85.2 Å². The van der Waals surface area contributed by atoms with Crippen molar-refractivity contribution in [3.05, 3.63) is 18.3 Å². The Balaban J connectivity index is 2.05. The molecule has 0 atom stereocenters. The van der Waals surface area contributed by atoms with Crippen LogP contribution >= 0.6 is 0 Å². The molecular weight excluding hydrogens is 204 g/mol.